The van der Waals surface area contributed by atoms with Gasteiger partial charge in [0.05, 0.1) is 10.7 Å². The molecular weight excluding hydrogens is 162 g/mol. The lowest BCUT2D eigenvalue weighted by atomic mass is 10.2. The summed E-state index contributed by atoms with van der Waals surface area (Å²) >= 11 is 5.80. The van der Waals surface area contributed by atoms with Gasteiger partial charge in [-0.15, -0.1) is 0 Å². The lowest BCUT2D eigenvalue weighted by molar-refractivity contribution is 1.23. The maximum absolute atomic E-state index is 5.80. The number of halogens is 1. The van der Waals surface area contributed by atoms with Gasteiger partial charge < -0.3 is 5.84 Å². The van der Waals surface area contributed by atoms with Gasteiger partial charge in [-0.2, -0.15) is 5.10 Å². The summed E-state index contributed by atoms with van der Waals surface area (Å²) in [6.07, 6.45) is 3.21. The summed E-state index contributed by atoms with van der Waals surface area (Å²) in [5.74, 6) is 5.08. The molecule has 0 radical (unpaired) electrons. The second-order valence-corrected chi connectivity index (χ2v) is 2.48. The first-order valence-electron chi connectivity index (χ1n) is 3.10. The van der Waals surface area contributed by atoms with Crippen molar-refractivity contribution in [1.29, 1.82) is 0 Å². The Morgan fingerprint density at radius 2 is 2.45 bits per heavy atom. The fraction of sp³-hybridized carbons (Fsp3) is 0.143. The SMILES string of the molecule is CC(=NN)c1ccncc1Cl. The molecule has 0 bridgehead atoms. The summed E-state index contributed by atoms with van der Waals surface area (Å²) in [5.41, 5.74) is 1.53. The van der Waals surface area contributed by atoms with Crippen LogP contribution in [0, 0.1) is 0 Å². The van der Waals surface area contributed by atoms with Crippen LogP contribution in [-0.2, 0) is 0 Å². The summed E-state index contributed by atoms with van der Waals surface area (Å²) in [7, 11) is 0. The van der Waals surface area contributed by atoms with E-state index in [0.29, 0.717) is 10.7 Å². The molecule has 1 aromatic heterocycles. The number of nitrogens with two attached hydrogens (primary N) is 1. The number of hydrogen-bond donors (Lipinski definition) is 1. The minimum atomic E-state index is 0.569. The van der Waals surface area contributed by atoms with Crippen LogP contribution < -0.4 is 5.84 Å². The third kappa shape index (κ3) is 1.68. The van der Waals surface area contributed by atoms with Crippen molar-refractivity contribution in [2.24, 2.45) is 10.9 Å². The highest BCUT2D eigenvalue weighted by atomic mass is 35.5. The van der Waals surface area contributed by atoms with E-state index in [2.05, 4.69) is 10.1 Å². The summed E-state index contributed by atoms with van der Waals surface area (Å²) in [6.45, 7) is 1.79. The average molecular weight is 170 g/mol. The Balaban J connectivity index is 3.14. The molecule has 0 unspecified atom stereocenters. The predicted molar refractivity (Wildman–Crippen MR) is 45.6 cm³/mol. The van der Waals surface area contributed by atoms with E-state index in [4.69, 9.17) is 17.4 Å². The third-order valence-corrected chi connectivity index (χ3v) is 1.66. The van der Waals surface area contributed by atoms with Crippen molar-refractivity contribution in [3.8, 4) is 0 Å². The second-order valence-electron chi connectivity index (χ2n) is 2.07. The lowest BCUT2D eigenvalue weighted by Crippen LogP contribution is -1.99. The minimum Gasteiger partial charge on any atom is -0.323 e. The molecule has 1 heterocycles. The van der Waals surface area contributed by atoms with Gasteiger partial charge in [0, 0.05) is 18.0 Å². The van der Waals surface area contributed by atoms with Crippen molar-refractivity contribution in [2.45, 2.75) is 6.92 Å². The van der Waals surface area contributed by atoms with Crippen LogP contribution in [0.3, 0.4) is 0 Å². The van der Waals surface area contributed by atoms with E-state index in [9.17, 15) is 0 Å². The quantitative estimate of drug-likeness (QED) is 0.393. The van der Waals surface area contributed by atoms with E-state index in [1.165, 1.54) is 0 Å². The van der Waals surface area contributed by atoms with Gasteiger partial charge in [0.15, 0.2) is 0 Å². The van der Waals surface area contributed by atoms with E-state index < -0.39 is 0 Å². The number of rotatable bonds is 1. The molecule has 0 atom stereocenters. The topological polar surface area (TPSA) is 51.3 Å². The molecule has 3 nitrogen and oxygen atoms in total. The van der Waals surface area contributed by atoms with Crippen molar-refractivity contribution in [3.63, 3.8) is 0 Å². The Kier molecular flexibility index (Phi) is 2.44. The monoisotopic (exact) mass is 169 g/mol. The number of hydrogen-bond acceptors (Lipinski definition) is 3. The summed E-state index contributed by atoms with van der Waals surface area (Å²) in [5, 5.41) is 4.09. The number of hydrazone groups is 1. The first-order valence-corrected chi connectivity index (χ1v) is 3.48. The zero-order valence-corrected chi connectivity index (χ0v) is 6.84. The predicted octanol–water partition coefficient (Wildman–Crippen LogP) is 1.42. The normalized spacial score (nSPS) is 11.6. The lowest BCUT2D eigenvalue weighted by Gasteiger charge is -1.99. The molecule has 0 spiro atoms. The molecule has 2 N–H and O–H groups in total. The van der Waals surface area contributed by atoms with Crippen LogP contribution in [0.25, 0.3) is 0 Å². The van der Waals surface area contributed by atoms with Crippen LogP contribution >= 0.6 is 11.6 Å². The van der Waals surface area contributed by atoms with Crippen LogP contribution in [0.15, 0.2) is 23.6 Å². The van der Waals surface area contributed by atoms with Gasteiger partial charge in [0.2, 0.25) is 0 Å². The second kappa shape index (κ2) is 3.34. The molecule has 4 heteroatoms. The Morgan fingerprint density at radius 3 is 3.00 bits per heavy atom. The third-order valence-electron chi connectivity index (χ3n) is 1.36. The highest BCUT2D eigenvalue weighted by molar-refractivity contribution is 6.33. The van der Waals surface area contributed by atoms with Gasteiger partial charge >= 0.3 is 0 Å². The van der Waals surface area contributed by atoms with Crippen LogP contribution in [-0.4, -0.2) is 10.7 Å². The zero-order valence-electron chi connectivity index (χ0n) is 6.08. The Morgan fingerprint density at radius 1 is 1.73 bits per heavy atom. The van der Waals surface area contributed by atoms with Gasteiger partial charge in [-0.05, 0) is 13.0 Å². The molecule has 0 saturated heterocycles. The van der Waals surface area contributed by atoms with Gasteiger partial charge in [-0.25, -0.2) is 0 Å². The molecule has 0 aliphatic heterocycles. The molecule has 58 valence electrons. The molecule has 0 amide bonds. The Labute approximate surface area is 69.9 Å². The van der Waals surface area contributed by atoms with E-state index in [1.54, 1.807) is 25.4 Å². The van der Waals surface area contributed by atoms with Crippen LogP contribution in [0.5, 0.6) is 0 Å². The first kappa shape index (κ1) is 8.01. The van der Waals surface area contributed by atoms with E-state index in [1.807, 2.05) is 0 Å². The largest absolute Gasteiger partial charge is 0.323 e. The van der Waals surface area contributed by atoms with Crippen molar-refractivity contribution >= 4 is 17.3 Å². The standard InChI is InChI=1S/C7H8ClN3/c1-5(11-9)6-2-3-10-4-7(6)8/h2-4H,9H2,1H3. The number of aromatic nitrogens is 1. The van der Waals surface area contributed by atoms with Crippen LogP contribution in [0.4, 0.5) is 0 Å². The Bertz CT molecular complexity index is 283. The Hall–Kier alpha value is -1.09. The molecule has 1 rings (SSSR count). The summed E-state index contributed by atoms with van der Waals surface area (Å²) in [4.78, 5) is 3.83. The van der Waals surface area contributed by atoms with Gasteiger partial charge in [-0.3, -0.25) is 4.98 Å². The summed E-state index contributed by atoms with van der Waals surface area (Å²) < 4.78 is 0. The first-order chi connectivity index (χ1) is 5.25. The molecule has 11 heavy (non-hydrogen) atoms. The fourth-order valence-electron chi connectivity index (χ4n) is 0.738. The molecular formula is C7H8ClN3. The molecule has 0 aliphatic rings. The van der Waals surface area contributed by atoms with Gasteiger partial charge in [0.25, 0.3) is 0 Å². The van der Waals surface area contributed by atoms with Crippen molar-refractivity contribution in [1.82, 2.24) is 4.98 Å². The van der Waals surface area contributed by atoms with Crippen LogP contribution in [0.1, 0.15) is 12.5 Å². The summed E-state index contributed by atoms with van der Waals surface area (Å²) in [6, 6.07) is 1.77. The zero-order chi connectivity index (χ0) is 8.27. The molecule has 0 aromatic carbocycles. The molecule has 0 aliphatic carbocycles. The average Bonchev–Trinajstić information content (AvgIpc) is 2.04. The van der Waals surface area contributed by atoms with Crippen molar-refractivity contribution in [2.75, 3.05) is 0 Å². The van der Waals surface area contributed by atoms with E-state index in [-0.39, 0.29) is 0 Å². The smallest absolute Gasteiger partial charge is 0.0680 e. The van der Waals surface area contributed by atoms with Crippen molar-refractivity contribution < 1.29 is 0 Å². The highest BCUT2D eigenvalue weighted by Gasteiger charge is 2.01. The molecule has 1 aromatic rings. The number of pyridine rings is 1. The molecule has 0 fully saturated rings. The highest BCUT2D eigenvalue weighted by Crippen LogP contribution is 2.13. The van der Waals surface area contributed by atoms with Crippen LogP contribution in [0.2, 0.25) is 5.02 Å². The van der Waals surface area contributed by atoms with E-state index in [0.717, 1.165) is 5.56 Å². The number of nitrogens with zero attached hydrogens (tertiary/aromatic N) is 2. The van der Waals surface area contributed by atoms with E-state index >= 15 is 0 Å². The van der Waals surface area contributed by atoms with Crippen molar-refractivity contribution in [3.05, 3.63) is 29.0 Å². The van der Waals surface area contributed by atoms with Gasteiger partial charge in [0.1, 0.15) is 0 Å². The maximum atomic E-state index is 5.80. The van der Waals surface area contributed by atoms with Gasteiger partial charge in [-0.1, -0.05) is 11.6 Å². The fourth-order valence-corrected chi connectivity index (χ4v) is 0.994. The maximum Gasteiger partial charge on any atom is 0.0680 e. The molecule has 0 saturated carbocycles. The minimum absolute atomic E-state index is 0.569.